The number of halogens is 1. The van der Waals surface area contributed by atoms with Gasteiger partial charge in [0.05, 0.1) is 18.3 Å². The second-order valence-electron chi connectivity index (χ2n) is 9.30. The third-order valence-corrected chi connectivity index (χ3v) is 6.09. The van der Waals surface area contributed by atoms with Crippen LogP contribution in [0.1, 0.15) is 69.0 Å². The zero-order valence-electron chi connectivity index (χ0n) is 19.3. The molecular formula is C26H32FNO4. The summed E-state index contributed by atoms with van der Waals surface area (Å²) in [6.45, 7) is 8.88. The zero-order valence-corrected chi connectivity index (χ0v) is 19.3. The number of hydrogen-bond acceptors (Lipinski definition) is 4. The molecule has 0 unspecified atom stereocenters. The lowest BCUT2D eigenvalue weighted by molar-refractivity contribution is -0.0872. The Kier molecular flexibility index (Phi) is 6.42. The predicted octanol–water partition coefficient (Wildman–Crippen LogP) is 5.54. The number of benzene rings is 2. The topological polar surface area (TPSA) is 48.0 Å². The first-order chi connectivity index (χ1) is 15.3. The molecular weight excluding hydrogens is 409 g/mol. The molecule has 1 spiro atoms. The summed E-state index contributed by atoms with van der Waals surface area (Å²) in [5, 5.41) is 0. The van der Waals surface area contributed by atoms with Crippen molar-refractivity contribution in [2.75, 3.05) is 13.1 Å². The number of hydrogen-bond donors (Lipinski definition) is 0. The van der Waals surface area contributed by atoms with Crippen molar-refractivity contribution in [3.8, 4) is 11.5 Å². The van der Waals surface area contributed by atoms with Crippen LogP contribution in [0.4, 0.5) is 4.39 Å². The van der Waals surface area contributed by atoms with E-state index < -0.39 is 5.82 Å². The molecule has 2 heterocycles. The molecule has 2 aliphatic rings. The molecule has 0 saturated carbocycles. The Morgan fingerprint density at radius 1 is 1.09 bits per heavy atom. The van der Waals surface area contributed by atoms with Gasteiger partial charge in [0.15, 0.2) is 11.6 Å². The van der Waals surface area contributed by atoms with E-state index in [0.717, 1.165) is 17.7 Å². The van der Waals surface area contributed by atoms with Gasteiger partial charge in [0.1, 0.15) is 11.4 Å². The maximum Gasteiger partial charge on any atom is 0.253 e. The van der Waals surface area contributed by atoms with Gasteiger partial charge in [-0.25, -0.2) is 4.39 Å². The Balaban J connectivity index is 1.45. The van der Waals surface area contributed by atoms with Crippen LogP contribution in [-0.4, -0.2) is 41.7 Å². The Labute approximate surface area is 189 Å². The smallest absolute Gasteiger partial charge is 0.253 e. The second kappa shape index (κ2) is 9.10. The minimum Gasteiger partial charge on any atom is -0.488 e. The monoisotopic (exact) mass is 441 g/mol. The molecule has 0 radical (unpaired) electrons. The molecule has 2 aromatic carbocycles. The summed E-state index contributed by atoms with van der Waals surface area (Å²) < 4.78 is 32.5. The molecule has 2 aliphatic heterocycles. The van der Waals surface area contributed by atoms with Crippen molar-refractivity contribution >= 4 is 5.91 Å². The number of carbonyl (C=O) groups is 1. The molecule has 1 amide bonds. The highest BCUT2D eigenvalue weighted by Crippen LogP contribution is 2.46. The number of likely N-dealkylation sites (tertiary alicyclic amines) is 1. The summed E-state index contributed by atoms with van der Waals surface area (Å²) in [6.07, 6.45) is 2.14. The van der Waals surface area contributed by atoms with Gasteiger partial charge in [0.2, 0.25) is 0 Å². The van der Waals surface area contributed by atoms with Crippen LogP contribution in [-0.2, 0) is 4.74 Å². The minimum absolute atomic E-state index is 0.0233. The van der Waals surface area contributed by atoms with E-state index >= 15 is 0 Å². The minimum atomic E-state index is -0.515. The Morgan fingerprint density at radius 3 is 2.47 bits per heavy atom. The first-order valence-electron chi connectivity index (χ1n) is 11.5. The maximum absolute atomic E-state index is 14.4. The molecule has 1 fully saturated rings. The average molecular weight is 442 g/mol. The summed E-state index contributed by atoms with van der Waals surface area (Å²) >= 11 is 0. The van der Waals surface area contributed by atoms with E-state index in [4.69, 9.17) is 14.2 Å². The lowest BCUT2D eigenvalue weighted by Crippen LogP contribution is -2.52. The van der Waals surface area contributed by atoms with Crippen LogP contribution in [0.15, 0.2) is 42.5 Å². The Morgan fingerprint density at radius 2 is 1.81 bits per heavy atom. The number of amides is 1. The average Bonchev–Trinajstić information content (AvgIpc) is 2.74. The molecule has 0 N–H and O–H groups in total. The molecule has 32 heavy (non-hydrogen) atoms. The molecule has 2 aromatic rings. The molecule has 172 valence electrons. The van der Waals surface area contributed by atoms with Crippen molar-refractivity contribution < 1.29 is 23.4 Å². The van der Waals surface area contributed by atoms with Crippen LogP contribution in [0.5, 0.6) is 11.5 Å². The van der Waals surface area contributed by atoms with Gasteiger partial charge in [0.25, 0.3) is 5.91 Å². The molecule has 1 saturated heterocycles. The van der Waals surface area contributed by atoms with Gasteiger partial charge in [-0.15, -0.1) is 0 Å². The molecule has 0 aromatic heterocycles. The highest BCUT2D eigenvalue weighted by Gasteiger charge is 2.44. The standard InChI is InChI=1S/C26H32FNO4/c1-17(2)30-23-10-9-19(15-21(23)27)25(29)28-13-11-26(12-14-28)16-24(31-18(3)4)20-7-5-6-8-22(20)32-26/h5-10,15,17-18,24H,11-14,16H2,1-4H3/t24-/m1/s1. The van der Waals surface area contributed by atoms with Gasteiger partial charge >= 0.3 is 0 Å². The highest BCUT2D eigenvalue weighted by atomic mass is 19.1. The molecule has 0 bridgehead atoms. The van der Waals surface area contributed by atoms with Crippen LogP contribution in [0.3, 0.4) is 0 Å². The van der Waals surface area contributed by atoms with Gasteiger partial charge in [-0.1, -0.05) is 18.2 Å². The van der Waals surface area contributed by atoms with Crippen LogP contribution in [0.2, 0.25) is 0 Å². The van der Waals surface area contributed by atoms with Gasteiger partial charge in [-0.05, 0) is 52.0 Å². The van der Waals surface area contributed by atoms with Crippen molar-refractivity contribution in [3.63, 3.8) is 0 Å². The van der Waals surface area contributed by atoms with E-state index in [1.807, 2.05) is 45.9 Å². The third-order valence-electron chi connectivity index (χ3n) is 6.09. The largest absolute Gasteiger partial charge is 0.488 e. The summed E-state index contributed by atoms with van der Waals surface area (Å²) in [5.74, 6) is 0.353. The number of ether oxygens (including phenoxy) is 3. The number of piperidine rings is 1. The van der Waals surface area contributed by atoms with Crippen molar-refractivity contribution in [2.24, 2.45) is 0 Å². The molecule has 4 rings (SSSR count). The molecule has 5 nitrogen and oxygen atoms in total. The number of nitrogens with zero attached hydrogens (tertiary/aromatic N) is 1. The summed E-state index contributed by atoms with van der Waals surface area (Å²) in [4.78, 5) is 14.8. The lowest BCUT2D eigenvalue weighted by Gasteiger charge is -2.47. The fourth-order valence-electron chi connectivity index (χ4n) is 4.60. The zero-order chi connectivity index (χ0) is 22.9. The van der Waals surface area contributed by atoms with E-state index in [9.17, 15) is 9.18 Å². The van der Waals surface area contributed by atoms with Gasteiger partial charge in [-0.3, -0.25) is 4.79 Å². The van der Waals surface area contributed by atoms with Gasteiger partial charge < -0.3 is 19.1 Å². The van der Waals surface area contributed by atoms with Crippen LogP contribution in [0.25, 0.3) is 0 Å². The van der Waals surface area contributed by atoms with Gasteiger partial charge in [-0.2, -0.15) is 0 Å². The van der Waals surface area contributed by atoms with Gasteiger partial charge in [0, 0.05) is 43.5 Å². The summed E-state index contributed by atoms with van der Waals surface area (Å²) in [7, 11) is 0. The fraction of sp³-hybridized carbons (Fsp3) is 0.500. The first kappa shape index (κ1) is 22.6. The van der Waals surface area contributed by atoms with E-state index in [1.54, 1.807) is 11.0 Å². The number of para-hydroxylation sites is 1. The van der Waals surface area contributed by atoms with E-state index in [-0.39, 0.29) is 35.6 Å². The highest BCUT2D eigenvalue weighted by molar-refractivity contribution is 5.94. The SMILES string of the molecule is CC(C)Oc1ccc(C(=O)N2CCC3(CC2)C[C@@H](OC(C)C)c2ccccc2O3)cc1F. The number of carbonyl (C=O) groups excluding carboxylic acids is 1. The number of fused-ring (bicyclic) bond motifs is 1. The van der Waals surface area contributed by atoms with Crippen LogP contribution >= 0.6 is 0 Å². The van der Waals surface area contributed by atoms with E-state index in [2.05, 4.69) is 6.07 Å². The van der Waals surface area contributed by atoms with Crippen molar-refractivity contribution in [3.05, 3.63) is 59.4 Å². The first-order valence-corrected chi connectivity index (χ1v) is 11.5. The summed E-state index contributed by atoms with van der Waals surface area (Å²) in [6, 6.07) is 12.5. The lowest BCUT2D eigenvalue weighted by atomic mass is 9.81. The van der Waals surface area contributed by atoms with Crippen molar-refractivity contribution in [1.82, 2.24) is 4.90 Å². The van der Waals surface area contributed by atoms with Crippen LogP contribution in [0, 0.1) is 5.82 Å². The predicted molar refractivity (Wildman–Crippen MR) is 121 cm³/mol. The molecule has 6 heteroatoms. The second-order valence-corrected chi connectivity index (χ2v) is 9.30. The fourth-order valence-corrected chi connectivity index (χ4v) is 4.60. The normalized spacial score (nSPS) is 19.7. The van der Waals surface area contributed by atoms with E-state index in [1.165, 1.54) is 12.1 Å². The molecule has 0 aliphatic carbocycles. The quantitative estimate of drug-likeness (QED) is 0.612. The van der Waals surface area contributed by atoms with E-state index in [0.29, 0.717) is 31.5 Å². The van der Waals surface area contributed by atoms with Crippen LogP contribution < -0.4 is 9.47 Å². The molecule has 1 atom stereocenters. The van der Waals surface area contributed by atoms with Crippen molar-refractivity contribution in [2.45, 2.75) is 70.9 Å². The maximum atomic E-state index is 14.4. The van der Waals surface area contributed by atoms with Crippen molar-refractivity contribution in [1.29, 1.82) is 0 Å². The third kappa shape index (κ3) is 4.75. The Hall–Kier alpha value is -2.60. The number of rotatable bonds is 5. The summed E-state index contributed by atoms with van der Waals surface area (Å²) in [5.41, 5.74) is 1.07. The Bertz CT molecular complexity index is 966.